The Labute approximate surface area is 204 Å². The van der Waals surface area contributed by atoms with E-state index in [0.717, 1.165) is 30.0 Å². The van der Waals surface area contributed by atoms with E-state index in [1.165, 1.54) is 25.6 Å². The number of sulfonamides is 1. The van der Waals surface area contributed by atoms with Crippen LogP contribution in [0.1, 0.15) is 21.5 Å². The molecular weight excluding hydrogens is 470 g/mol. The van der Waals surface area contributed by atoms with Crippen LogP contribution >= 0.6 is 0 Å². The van der Waals surface area contributed by atoms with E-state index in [4.69, 9.17) is 9.47 Å². The van der Waals surface area contributed by atoms with Crippen molar-refractivity contribution in [3.05, 3.63) is 65.5 Å². The lowest BCUT2D eigenvalue weighted by Gasteiger charge is -2.27. The highest BCUT2D eigenvalue weighted by Crippen LogP contribution is 2.29. The first kappa shape index (κ1) is 24.4. The average molecular weight is 498 g/mol. The van der Waals surface area contributed by atoms with Gasteiger partial charge in [-0.05, 0) is 43.2 Å². The first-order chi connectivity index (χ1) is 16.8. The smallest absolute Gasteiger partial charge is 0.267 e. The number of aromatic nitrogens is 2. The second kappa shape index (κ2) is 10.3. The molecule has 11 heteroatoms. The van der Waals surface area contributed by atoms with Crippen molar-refractivity contribution >= 4 is 33.1 Å². The molecule has 0 unspecified atom stereocenters. The Morgan fingerprint density at radius 1 is 1.06 bits per heavy atom. The molecule has 2 aromatic heterocycles. The van der Waals surface area contributed by atoms with Crippen molar-refractivity contribution in [2.24, 2.45) is 0 Å². The van der Waals surface area contributed by atoms with Gasteiger partial charge < -0.3 is 19.7 Å². The minimum absolute atomic E-state index is 0.0849. The van der Waals surface area contributed by atoms with Crippen LogP contribution in [-0.4, -0.2) is 57.7 Å². The Hall–Kier alpha value is -3.70. The number of hydrogen-bond donors (Lipinski definition) is 2. The summed E-state index contributed by atoms with van der Waals surface area (Å²) in [7, 11) is -2.73. The lowest BCUT2D eigenvalue weighted by atomic mass is 10.1. The fourth-order valence-electron chi connectivity index (χ4n) is 3.71. The molecule has 0 saturated carbocycles. The van der Waals surface area contributed by atoms with Crippen LogP contribution in [0.3, 0.4) is 0 Å². The van der Waals surface area contributed by atoms with Crippen molar-refractivity contribution in [1.82, 2.24) is 9.97 Å². The molecule has 2 N–H and O–H groups in total. The molecule has 0 atom stereocenters. The zero-order chi connectivity index (χ0) is 25.0. The quantitative estimate of drug-likeness (QED) is 0.511. The summed E-state index contributed by atoms with van der Waals surface area (Å²) in [6, 6.07) is 10.2. The number of nitrogens with one attached hydrogen (secondary N) is 2. The molecule has 1 fully saturated rings. The molecule has 1 aliphatic rings. The maximum atomic E-state index is 13.2. The van der Waals surface area contributed by atoms with Crippen molar-refractivity contribution < 1.29 is 22.7 Å². The number of morpholine rings is 1. The van der Waals surface area contributed by atoms with Gasteiger partial charge in [0, 0.05) is 19.3 Å². The van der Waals surface area contributed by atoms with E-state index < -0.39 is 15.9 Å². The number of para-hydroxylation sites is 1. The predicted molar refractivity (Wildman–Crippen MR) is 133 cm³/mol. The van der Waals surface area contributed by atoms with Crippen LogP contribution in [0, 0.1) is 13.8 Å². The van der Waals surface area contributed by atoms with Gasteiger partial charge in [-0.25, -0.2) is 18.4 Å². The topological polar surface area (TPSA) is 123 Å². The van der Waals surface area contributed by atoms with Crippen molar-refractivity contribution in [1.29, 1.82) is 0 Å². The monoisotopic (exact) mass is 497 g/mol. The Morgan fingerprint density at radius 2 is 1.77 bits per heavy atom. The van der Waals surface area contributed by atoms with Crippen LogP contribution in [0.2, 0.25) is 0 Å². The summed E-state index contributed by atoms with van der Waals surface area (Å²) < 4.78 is 39.6. The van der Waals surface area contributed by atoms with E-state index in [-0.39, 0.29) is 16.5 Å². The molecule has 3 heterocycles. The highest BCUT2D eigenvalue weighted by Gasteiger charge is 2.24. The number of methoxy groups -OCH3 is 1. The van der Waals surface area contributed by atoms with E-state index in [1.54, 1.807) is 12.1 Å². The van der Waals surface area contributed by atoms with Gasteiger partial charge in [0.1, 0.15) is 5.82 Å². The molecule has 1 aromatic carbocycles. The Bertz CT molecular complexity index is 1300. The van der Waals surface area contributed by atoms with E-state index in [9.17, 15) is 13.2 Å². The molecule has 3 aromatic rings. The number of ether oxygens (including phenoxy) is 2. The van der Waals surface area contributed by atoms with E-state index in [2.05, 4.69) is 24.9 Å². The number of aryl methyl sites for hydroxylation is 2. The number of carbonyl (C=O) groups is 1. The predicted octanol–water partition coefficient (Wildman–Crippen LogP) is 2.99. The Kier molecular flexibility index (Phi) is 7.17. The number of rotatable bonds is 7. The molecule has 184 valence electrons. The van der Waals surface area contributed by atoms with Crippen molar-refractivity contribution in [2.45, 2.75) is 18.7 Å². The zero-order valence-corrected chi connectivity index (χ0v) is 20.6. The largest absolute Gasteiger partial charge is 0.480 e. The van der Waals surface area contributed by atoms with E-state index in [1.807, 2.05) is 32.0 Å². The standard InChI is InChI=1S/C24H27N5O5S/c1-16-5-4-6-17(2)22(16)28-35(31,32)20-13-19(15-26-24(20)33-3)27-23(30)18-7-8-21(25-14-18)29-9-11-34-12-10-29/h4-8,13-15,28H,9-12H2,1-3H3,(H,27,30). The van der Waals surface area contributed by atoms with E-state index >= 15 is 0 Å². The van der Waals surface area contributed by atoms with Gasteiger partial charge in [0.25, 0.3) is 15.9 Å². The van der Waals surface area contributed by atoms with Crippen LogP contribution < -0.4 is 19.7 Å². The molecule has 0 spiro atoms. The fraction of sp³-hybridized carbons (Fsp3) is 0.292. The van der Waals surface area contributed by atoms with Gasteiger partial charge in [-0.15, -0.1) is 0 Å². The number of amides is 1. The minimum Gasteiger partial charge on any atom is -0.480 e. The first-order valence-corrected chi connectivity index (χ1v) is 12.5. The van der Waals surface area contributed by atoms with Gasteiger partial charge >= 0.3 is 0 Å². The maximum absolute atomic E-state index is 13.2. The number of hydrogen-bond acceptors (Lipinski definition) is 8. The minimum atomic E-state index is -4.06. The van der Waals surface area contributed by atoms with Gasteiger partial charge in [0.2, 0.25) is 5.88 Å². The molecule has 4 rings (SSSR count). The molecule has 0 radical (unpaired) electrons. The fourth-order valence-corrected chi connectivity index (χ4v) is 5.06. The lowest BCUT2D eigenvalue weighted by molar-refractivity contribution is 0.102. The molecule has 1 saturated heterocycles. The summed E-state index contributed by atoms with van der Waals surface area (Å²) in [6.45, 7) is 6.38. The third kappa shape index (κ3) is 5.52. The molecule has 0 aliphatic carbocycles. The number of carbonyl (C=O) groups excluding carboxylic acids is 1. The second-order valence-corrected chi connectivity index (χ2v) is 9.71. The van der Waals surface area contributed by atoms with Crippen LogP contribution in [0.4, 0.5) is 17.2 Å². The normalized spacial score (nSPS) is 13.9. The SMILES string of the molecule is COc1ncc(NC(=O)c2ccc(N3CCOCC3)nc2)cc1S(=O)(=O)Nc1c(C)cccc1C. The number of pyridine rings is 2. The van der Waals surface area contributed by atoms with Crippen molar-refractivity contribution in [3.63, 3.8) is 0 Å². The second-order valence-electron chi connectivity index (χ2n) is 8.06. The number of nitrogens with zero attached hydrogens (tertiary/aromatic N) is 3. The van der Waals surface area contributed by atoms with Crippen LogP contribution in [0.5, 0.6) is 5.88 Å². The van der Waals surface area contributed by atoms with Gasteiger partial charge in [0.05, 0.1) is 43.5 Å². The Balaban J connectivity index is 1.55. The summed E-state index contributed by atoms with van der Waals surface area (Å²) in [5.74, 6) is 0.240. The van der Waals surface area contributed by atoms with Gasteiger partial charge in [-0.2, -0.15) is 0 Å². The van der Waals surface area contributed by atoms with Gasteiger partial charge in [-0.3, -0.25) is 9.52 Å². The summed E-state index contributed by atoms with van der Waals surface area (Å²) in [4.78, 5) is 23.1. The third-order valence-electron chi connectivity index (χ3n) is 5.62. The van der Waals surface area contributed by atoms with E-state index in [0.29, 0.717) is 24.5 Å². The summed E-state index contributed by atoms with van der Waals surface area (Å²) in [5, 5.41) is 2.68. The Morgan fingerprint density at radius 3 is 2.40 bits per heavy atom. The average Bonchev–Trinajstić information content (AvgIpc) is 2.87. The maximum Gasteiger partial charge on any atom is 0.267 e. The molecule has 1 aliphatic heterocycles. The summed E-state index contributed by atoms with van der Waals surface area (Å²) >= 11 is 0. The third-order valence-corrected chi connectivity index (χ3v) is 6.97. The molecule has 1 amide bonds. The molecule has 0 bridgehead atoms. The molecule has 10 nitrogen and oxygen atoms in total. The number of anilines is 3. The van der Waals surface area contributed by atoms with Crippen LogP contribution in [0.25, 0.3) is 0 Å². The van der Waals surface area contributed by atoms with Gasteiger partial charge in [0.15, 0.2) is 4.90 Å². The first-order valence-electron chi connectivity index (χ1n) is 11.0. The van der Waals surface area contributed by atoms with Crippen molar-refractivity contribution in [3.8, 4) is 5.88 Å². The van der Waals surface area contributed by atoms with Crippen molar-refractivity contribution in [2.75, 3.05) is 48.4 Å². The highest BCUT2D eigenvalue weighted by atomic mass is 32.2. The summed E-state index contributed by atoms with van der Waals surface area (Å²) in [6.07, 6.45) is 2.82. The van der Waals surface area contributed by atoms with Crippen LogP contribution in [0.15, 0.2) is 53.7 Å². The van der Waals surface area contributed by atoms with Crippen LogP contribution in [-0.2, 0) is 14.8 Å². The molecule has 35 heavy (non-hydrogen) atoms. The van der Waals surface area contributed by atoms with Gasteiger partial charge in [-0.1, -0.05) is 18.2 Å². The highest BCUT2D eigenvalue weighted by molar-refractivity contribution is 7.92. The summed E-state index contributed by atoms with van der Waals surface area (Å²) in [5.41, 5.74) is 2.57. The number of benzene rings is 1. The lowest BCUT2D eigenvalue weighted by Crippen LogP contribution is -2.36. The zero-order valence-electron chi connectivity index (χ0n) is 19.7. The molecular formula is C24H27N5O5S.